The molecule has 2 atom stereocenters. The topological polar surface area (TPSA) is 46.2 Å². The van der Waals surface area contributed by atoms with Crippen LogP contribution in [0.4, 0.5) is 0 Å². The van der Waals surface area contributed by atoms with Crippen molar-refractivity contribution in [2.75, 3.05) is 0 Å². The monoisotopic (exact) mass is 293 g/mol. The zero-order valence-electron chi connectivity index (χ0n) is 12.1. The number of aryl methyl sites for hydroxylation is 1. The third-order valence-electron chi connectivity index (χ3n) is 3.84. The van der Waals surface area contributed by atoms with Crippen molar-refractivity contribution >= 4 is 23.4 Å². The molecule has 2 rings (SSSR count). The molecule has 0 radical (unpaired) electrons. The maximum absolute atomic E-state index is 12.1. The average Bonchev–Trinajstić information content (AvgIpc) is 2.35. The molecule has 1 aromatic rings. The van der Waals surface area contributed by atoms with E-state index in [1.54, 1.807) is 0 Å². The van der Waals surface area contributed by atoms with Gasteiger partial charge in [-0.1, -0.05) is 37.6 Å². The Balaban J connectivity index is 2.34. The molecule has 0 saturated carbocycles. The molecule has 1 fully saturated rings. The van der Waals surface area contributed by atoms with Crippen LogP contribution in [0.3, 0.4) is 0 Å². The van der Waals surface area contributed by atoms with E-state index < -0.39 is 0 Å². The summed E-state index contributed by atoms with van der Waals surface area (Å²) in [7, 11) is 0. The first-order chi connectivity index (χ1) is 9.38. The van der Waals surface area contributed by atoms with Gasteiger partial charge in [-0.15, -0.1) is 0 Å². The predicted octanol–water partition coefficient (Wildman–Crippen LogP) is 3.44. The lowest BCUT2D eigenvalue weighted by molar-refractivity contribution is -0.137. The molecule has 2 unspecified atom stereocenters. The molecule has 1 aliphatic rings. The van der Waals surface area contributed by atoms with Crippen LogP contribution < -0.4 is 5.32 Å². The van der Waals surface area contributed by atoms with Crippen LogP contribution in [0.1, 0.15) is 43.7 Å². The highest BCUT2D eigenvalue weighted by molar-refractivity contribution is 6.31. The van der Waals surface area contributed by atoms with Gasteiger partial charge >= 0.3 is 0 Å². The number of halogens is 1. The number of hydrogen-bond donors (Lipinski definition) is 1. The van der Waals surface area contributed by atoms with E-state index in [2.05, 4.69) is 19.2 Å². The Morgan fingerprint density at radius 2 is 2.05 bits per heavy atom. The van der Waals surface area contributed by atoms with Crippen molar-refractivity contribution in [3.63, 3.8) is 0 Å². The lowest BCUT2D eigenvalue weighted by Crippen LogP contribution is -2.45. The minimum atomic E-state index is -0.197. The quantitative estimate of drug-likeness (QED) is 0.868. The molecule has 1 N–H and O–H groups in total. The molecule has 20 heavy (non-hydrogen) atoms. The second-order valence-corrected chi connectivity index (χ2v) is 6.37. The minimum absolute atomic E-state index is 0.0725. The normalized spacial score (nSPS) is 23.1. The molecule has 0 spiro atoms. The SMILES string of the molecule is Cc1ccc(C2CC(=O)NC(=O)C2CC(C)C)cc1Cl. The number of nitrogens with one attached hydrogen (secondary N) is 1. The van der Waals surface area contributed by atoms with Gasteiger partial charge in [0.2, 0.25) is 11.8 Å². The predicted molar refractivity (Wildman–Crippen MR) is 79.6 cm³/mol. The number of carbonyl (C=O) groups is 2. The van der Waals surface area contributed by atoms with Crippen molar-refractivity contribution in [1.29, 1.82) is 0 Å². The smallest absolute Gasteiger partial charge is 0.230 e. The lowest BCUT2D eigenvalue weighted by Gasteiger charge is -2.31. The Morgan fingerprint density at radius 1 is 1.35 bits per heavy atom. The molecular formula is C16H20ClNO2. The molecular weight excluding hydrogens is 274 g/mol. The second-order valence-electron chi connectivity index (χ2n) is 5.97. The van der Waals surface area contributed by atoms with Crippen molar-refractivity contribution in [2.45, 2.75) is 39.5 Å². The molecule has 2 amide bonds. The summed E-state index contributed by atoms with van der Waals surface area (Å²) in [6, 6.07) is 5.81. The summed E-state index contributed by atoms with van der Waals surface area (Å²) in [5, 5.41) is 3.13. The van der Waals surface area contributed by atoms with Crippen LogP contribution >= 0.6 is 11.6 Å². The van der Waals surface area contributed by atoms with Crippen molar-refractivity contribution in [2.24, 2.45) is 11.8 Å². The van der Waals surface area contributed by atoms with E-state index in [1.807, 2.05) is 25.1 Å². The first-order valence-electron chi connectivity index (χ1n) is 6.98. The first kappa shape index (κ1) is 15.0. The Bertz CT molecular complexity index is 539. The van der Waals surface area contributed by atoms with Gasteiger partial charge in [0.1, 0.15) is 0 Å². The Kier molecular flexibility index (Phi) is 4.48. The van der Waals surface area contributed by atoms with Gasteiger partial charge in [-0.05, 0) is 36.5 Å². The molecule has 1 heterocycles. The van der Waals surface area contributed by atoms with E-state index in [-0.39, 0.29) is 23.7 Å². The number of piperidine rings is 1. The Hall–Kier alpha value is -1.35. The molecule has 1 aliphatic heterocycles. The van der Waals surface area contributed by atoms with Gasteiger partial charge in [-0.2, -0.15) is 0 Å². The summed E-state index contributed by atoms with van der Waals surface area (Å²) in [6.45, 7) is 6.11. The van der Waals surface area contributed by atoms with Crippen molar-refractivity contribution in [3.05, 3.63) is 34.3 Å². The van der Waals surface area contributed by atoms with E-state index in [1.165, 1.54) is 0 Å². The molecule has 0 bridgehead atoms. The van der Waals surface area contributed by atoms with Gasteiger partial charge in [-0.3, -0.25) is 14.9 Å². The summed E-state index contributed by atoms with van der Waals surface area (Å²) in [4.78, 5) is 23.8. The van der Waals surface area contributed by atoms with Gasteiger partial charge in [0, 0.05) is 23.3 Å². The van der Waals surface area contributed by atoms with E-state index in [4.69, 9.17) is 11.6 Å². The van der Waals surface area contributed by atoms with Gasteiger partial charge in [0.15, 0.2) is 0 Å². The number of amides is 2. The van der Waals surface area contributed by atoms with Crippen molar-refractivity contribution < 1.29 is 9.59 Å². The van der Waals surface area contributed by atoms with E-state index in [0.717, 1.165) is 17.5 Å². The third-order valence-corrected chi connectivity index (χ3v) is 4.25. The zero-order valence-corrected chi connectivity index (χ0v) is 12.8. The molecule has 108 valence electrons. The Labute approximate surface area is 124 Å². The highest BCUT2D eigenvalue weighted by Crippen LogP contribution is 2.36. The van der Waals surface area contributed by atoms with Crippen LogP contribution in [0, 0.1) is 18.8 Å². The van der Waals surface area contributed by atoms with E-state index in [9.17, 15) is 9.59 Å². The number of carbonyl (C=O) groups excluding carboxylic acids is 2. The van der Waals surface area contributed by atoms with Crippen molar-refractivity contribution in [1.82, 2.24) is 5.32 Å². The Morgan fingerprint density at radius 3 is 2.65 bits per heavy atom. The standard InChI is InChI=1S/C16H20ClNO2/c1-9(2)6-13-12(8-15(19)18-16(13)20)11-5-4-10(3)14(17)7-11/h4-5,7,9,12-13H,6,8H2,1-3H3,(H,18,19,20). The molecule has 4 heteroatoms. The fourth-order valence-corrected chi connectivity index (χ4v) is 2.96. The van der Waals surface area contributed by atoms with Crippen LogP contribution in [0.2, 0.25) is 5.02 Å². The van der Waals surface area contributed by atoms with Crippen LogP contribution in [0.25, 0.3) is 0 Å². The van der Waals surface area contributed by atoms with Crippen LogP contribution in [0.15, 0.2) is 18.2 Å². The molecule has 0 aromatic heterocycles. The summed E-state index contributed by atoms with van der Waals surface area (Å²) in [5.74, 6) is -0.182. The largest absolute Gasteiger partial charge is 0.296 e. The number of imide groups is 1. The maximum atomic E-state index is 12.1. The fourth-order valence-electron chi connectivity index (χ4n) is 2.77. The molecule has 1 aromatic carbocycles. The molecule has 0 aliphatic carbocycles. The van der Waals surface area contributed by atoms with E-state index in [0.29, 0.717) is 17.4 Å². The second kappa shape index (κ2) is 5.96. The number of hydrogen-bond acceptors (Lipinski definition) is 2. The molecule has 1 saturated heterocycles. The van der Waals surface area contributed by atoms with Gasteiger partial charge < -0.3 is 0 Å². The summed E-state index contributed by atoms with van der Waals surface area (Å²) in [6.07, 6.45) is 1.12. The number of rotatable bonds is 3. The highest BCUT2D eigenvalue weighted by atomic mass is 35.5. The summed E-state index contributed by atoms with van der Waals surface area (Å²) >= 11 is 6.17. The lowest BCUT2D eigenvalue weighted by atomic mass is 9.76. The van der Waals surface area contributed by atoms with Gasteiger partial charge in [0.25, 0.3) is 0 Å². The first-order valence-corrected chi connectivity index (χ1v) is 7.36. The van der Waals surface area contributed by atoms with Gasteiger partial charge in [-0.25, -0.2) is 0 Å². The summed E-state index contributed by atoms with van der Waals surface area (Å²) in [5.41, 5.74) is 1.98. The third kappa shape index (κ3) is 3.21. The van der Waals surface area contributed by atoms with Gasteiger partial charge in [0.05, 0.1) is 0 Å². The fraction of sp³-hybridized carbons (Fsp3) is 0.500. The zero-order chi connectivity index (χ0) is 14.9. The minimum Gasteiger partial charge on any atom is -0.296 e. The average molecular weight is 294 g/mol. The van der Waals surface area contributed by atoms with Crippen LogP contribution in [0.5, 0.6) is 0 Å². The summed E-state index contributed by atoms with van der Waals surface area (Å²) < 4.78 is 0. The van der Waals surface area contributed by atoms with Crippen LogP contribution in [-0.4, -0.2) is 11.8 Å². The van der Waals surface area contributed by atoms with Crippen LogP contribution in [-0.2, 0) is 9.59 Å². The maximum Gasteiger partial charge on any atom is 0.230 e. The molecule has 3 nitrogen and oxygen atoms in total. The number of benzene rings is 1. The van der Waals surface area contributed by atoms with E-state index >= 15 is 0 Å². The van der Waals surface area contributed by atoms with Crippen molar-refractivity contribution in [3.8, 4) is 0 Å². The highest BCUT2D eigenvalue weighted by Gasteiger charge is 2.37.